The fourth-order valence-electron chi connectivity index (χ4n) is 2.29. The number of carbonyl (C=O) groups is 1. The highest BCUT2D eigenvalue weighted by molar-refractivity contribution is 5.76. The predicted molar refractivity (Wildman–Crippen MR) is 62.1 cm³/mol. The first-order valence-electron chi connectivity index (χ1n) is 5.62. The monoisotopic (exact) mass is 219 g/mol. The molecule has 0 unspecified atom stereocenters. The van der Waals surface area contributed by atoms with Gasteiger partial charge >= 0.3 is 5.97 Å². The van der Waals surface area contributed by atoms with Gasteiger partial charge in [-0.2, -0.15) is 0 Å². The second kappa shape index (κ2) is 4.66. The lowest BCUT2D eigenvalue weighted by molar-refractivity contribution is -0.142. The average molecular weight is 219 g/mol. The lowest BCUT2D eigenvalue weighted by Gasteiger charge is -2.15. The van der Waals surface area contributed by atoms with Crippen LogP contribution in [0.1, 0.15) is 30.0 Å². The van der Waals surface area contributed by atoms with Gasteiger partial charge in [-0.1, -0.05) is 24.3 Å². The molecular formula is C13H17NO2. The van der Waals surface area contributed by atoms with Crippen molar-refractivity contribution >= 4 is 5.97 Å². The van der Waals surface area contributed by atoms with Gasteiger partial charge in [0.2, 0.25) is 0 Å². The lowest BCUT2D eigenvalue weighted by atomic mass is 10.0. The molecule has 0 bridgehead atoms. The molecule has 3 heteroatoms. The van der Waals surface area contributed by atoms with Crippen LogP contribution in [0.5, 0.6) is 0 Å². The summed E-state index contributed by atoms with van der Waals surface area (Å²) < 4.78 is 4.75. The largest absolute Gasteiger partial charge is 0.468 e. The van der Waals surface area contributed by atoms with Crippen LogP contribution in [0.3, 0.4) is 0 Å². The van der Waals surface area contributed by atoms with Gasteiger partial charge in [-0.3, -0.25) is 10.1 Å². The van der Waals surface area contributed by atoms with Crippen LogP contribution in [0, 0.1) is 6.92 Å². The van der Waals surface area contributed by atoms with E-state index < -0.39 is 0 Å². The number of ether oxygens (including phenoxy) is 1. The number of nitrogens with one attached hydrogen (secondary N) is 1. The SMILES string of the molecule is COC(=O)[C@@H]1CC[C@H](c2ccccc2C)N1. The summed E-state index contributed by atoms with van der Waals surface area (Å²) in [5.74, 6) is -0.156. The van der Waals surface area contributed by atoms with Gasteiger partial charge in [0, 0.05) is 6.04 Å². The number of rotatable bonds is 2. The standard InChI is InChI=1S/C13H17NO2/c1-9-5-3-4-6-10(9)11-7-8-12(14-11)13(15)16-2/h3-6,11-12,14H,7-8H2,1-2H3/t11-,12+/m1/s1. The molecule has 1 fully saturated rings. The maximum atomic E-state index is 11.4. The van der Waals surface area contributed by atoms with Crippen molar-refractivity contribution in [3.63, 3.8) is 0 Å². The average Bonchev–Trinajstić information content (AvgIpc) is 2.78. The lowest BCUT2D eigenvalue weighted by Crippen LogP contribution is -2.33. The molecule has 16 heavy (non-hydrogen) atoms. The first-order chi connectivity index (χ1) is 7.72. The van der Waals surface area contributed by atoms with Gasteiger partial charge in [-0.05, 0) is 30.9 Å². The highest BCUT2D eigenvalue weighted by Gasteiger charge is 2.30. The van der Waals surface area contributed by atoms with E-state index >= 15 is 0 Å². The highest BCUT2D eigenvalue weighted by atomic mass is 16.5. The van der Waals surface area contributed by atoms with E-state index in [-0.39, 0.29) is 18.1 Å². The van der Waals surface area contributed by atoms with E-state index in [9.17, 15) is 4.79 Å². The van der Waals surface area contributed by atoms with Gasteiger partial charge in [0.05, 0.1) is 7.11 Å². The number of carbonyl (C=O) groups excluding carboxylic acids is 1. The molecule has 1 N–H and O–H groups in total. The summed E-state index contributed by atoms with van der Waals surface area (Å²) in [7, 11) is 1.44. The molecule has 1 heterocycles. The van der Waals surface area contributed by atoms with E-state index in [1.54, 1.807) is 0 Å². The molecule has 0 spiro atoms. The minimum absolute atomic E-state index is 0.144. The number of hydrogen-bond donors (Lipinski definition) is 1. The summed E-state index contributed by atoms with van der Waals surface area (Å²) in [6, 6.07) is 8.43. The Kier molecular flexibility index (Phi) is 3.25. The van der Waals surface area contributed by atoms with Crippen LogP contribution in [0.15, 0.2) is 24.3 Å². The zero-order valence-electron chi connectivity index (χ0n) is 9.69. The maximum absolute atomic E-state index is 11.4. The Bertz CT molecular complexity index is 389. The van der Waals surface area contributed by atoms with E-state index in [4.69, 9.17) is 4.74 Å². The summed E-state index contributed by atoms with van der Waals surface area (Å²) in [5, 5.41) is 3.32. The molecule has 86 valence electrons. The minimum Gasteiger partial charge on any atom is -0.468 e. The molecule has 1 aromatic rings. The first-order valence-corrected chi connectivity index (χ1v) is 5.62. The van der Waals surface area contributed by atoms with Crippen LogP contribution < -0.4 is 5.32 Å². The second-order valence-electron chi connectivity index (χ2n) is 4.23. The molecule has 1 aliphatic heterocycles. The number of aryl methyl sites for hydroxylation is 1. The van der Waals surface area contributed by atoms with Crippen molar-refractivity contribution in [2.75, 3.05) is 7.11 Å². The number of esters is 1. The molecule has 2 atom stereocenters. The molecule has 3 nitrogen and oxygen atoms in total. The van der Waals surface area contributed by atoms with Crippen molar-refractivity contribution in [2.45, 2.75) is 31.8 Å². The molecule has 1 aromatic carbocycles. The Morgan fingerprint density at radius 2 is 2.12 bits per heavy atom. The summed E-state index contributed by atoms with van der Waals surface area (Å²) in [6.07, 6.45) is 1.84. The zero-order valence-corrected chi connectivity index (χ0v) is 9.69. The van der Waals surface area contributed by atoms with Gasteiger partial charge in [0.15, 0.2) is 0 Å². The molecule has 1 aliphatic rings. The fourth-order valence-corrected chi connectivity index (χ4v) is 2.29. The van der Waals surface area contributed by atoms with Gasteiger partial charge < -0.3 is 4.74 Å². The van der Waals surface area contributed by atoms with E-state index in [0.717, 1.165) is 12.8 Å². The minimum atomic E-state index is -0.156. The molecule has 0 aromatic heterocycles. The van der Waals surface area contributed by atoms with Gasteiger partial charge in [0.1, 0.15) is 6.04 Å². The Balaban J connectivity index is 2.09. The van der Waals surface area contributed by atoms with Gasteiger partial charge in [-0.25, -0.2) is 0 Å². The normalized spacial score (nSPS) is 24.4. The summed E-state index contributed by atoms with van der Waals surface area (Å²) in [6.45, 7) is 2.10. The van der Waals surface area contributed by atoms with Crippen molar-refractivity contribution in [3.05, 3.63) is 35.4 Å². The summed E-state index contributed by atoms with van der Waals surface area (Å²) in [5.41, 5.74) is 2.56. The molecule has 0 amide bonds. The smallest absolute Gasteiger partial charge is 0.322 e. The summed E-state index contributed by atoms with van der Waals surface area (Å²) in [4.78, 5) is 11.4. The molecular weight excluding hydrogens is 202 g/mol. The van der Waals surface area contributed by atoms with Crippen molar-refractivity contribution in [1.29, 1.82) is 0 Å². The molecule has 0 aliphatic carbocycles. The third-order valence-corrected chi connectivity index (χ3v) is 3.20. The third kappa shape index (κ3) is 2.09. The van der Waals surface area contributed by atoms with Crippen molar-refractivity contribution in [2.24, 2.45) is 0 Å². The molecule has 0 saturated carbocycles. The van der Waals surface area contributed by atoms with Crippen LogP contribution >= 0.6 is 0 Å². The molecule has 0 radical (unpaired) electrons. The Labute approximate surface area is 95.8 Å². The highest BCUT2D eigenvalue weighted by Crippen LogP contribution is 2.28. The molecule has 1 saturated heterocycles. The number of methoxy groups -OCH3 is 1. The van der Waals surface area contributed by atoms with Crippen LogP contribution in [-0.2, 0) is 9.53 Å². The van der Waals surface area contributed by atoms with Gasteiger partial charge in [-0.15, -0.1) is 0 Å². The Hall–Kier alpha value is -1.35. The van der Waals surface area contributed by atoms with Crippen LogP contribution in [0.4, 0.5) is 0 Å². The van der Waals surface area contributed by atoms with Gasteiger partial charge in [0.25, 0.3) is 0 Å². The number of hydrogen-bond acceptors (Lipinski definition) is 3. The zero-order chi connectivity index (χ0) is 11.5. The topological polar surface area (TPSA) is 38.3 Å². The molecule has 2 rings (SSSR count). The third-order valence-electron chi connectivity index (χ3n) is 3.20. The van der Waals surface area contributed by atoms with Crippen LogP contribution in [-0.4, -0.2) is 19.1 Å². The fraction of sp³-hybridized carbons (Fsp3) is 0.462. The van der Waals surface area contributed by atoms with Crippen LogP contribution in [0.2, 0.25) is 0 Å². The van der Waals surface area contributed by atoms with E-state index in [0.29, 0.717) is 0 Å². The first kappa shape index (κ1) is 11.1. The predicted octanol–water partition coefficient (Wildman–Crippen LogP) is 1.96. The van der Waals surface area contributed by atoms with E-state index in [1.165, 1.54) is 18.2 Å². The van der Waals surface area contributed by atoms with Crippen molar-refractivity contribution < 1.29 is 9.53 Å². The maximum Gasteiger partial charge on any atom is 0.322 e. The summed E-state index contributed by atoms with van der Waals surface area (Å²) >= 11 is 0. The van der Waals surface area contributed by atoms with Crippen molar-refractivity contribution in [1.82, 2.24) is 5.32 Å². The van der Waals surface area contributed by atoms with Crippen molar-refractivity contribution in [3.8, 4) is 0 Å². The van der Waals surface area contributed by atoms with E-state index in [1.807, 2.05) is 12.1 Å². The quantitative estimate of drug-likeness (QED) is 0.773. The Morgan fingerprint density at radius 3 is 2.81 bits per heavy atom. The number of benzene rings is 1. The van der Waals surface area contributed by atoms with E-state index in [2.05, 4.69) is 24.4 Å². The van der Waals surface area contributed by atoms with Crippen LogP contribution in [0.25, 0.3) is 0 Å². The Morgan fingerprint density at radius 1 is 1.38 bits per heavy atom. The second-order valence-corrected chi connectivity index (χ2v) is 4.23.